The zero-order valence-electron chi connectivity index (χ0n) is 14.6. The van der Waals surface area contributed by atoms with Crippen LogP contribution in [-0.2, 0) is 0 Å². The zero-order chi connectivity index (χ0) is 17.9. The van der Waals surface area contributed by atoms with Crippen molar-refractivity contribution in [3.63, 3.8) is 0 Å². The molecule has 1 N–H and O–H groups in total. The van der Waals surface area contributed by atoms with Gasteiger partial charge < -0.3 is 19.5 Å². The van der Waals surface area contributed by atoms with Gasteiger partial charge in [-0.3, -0.25) is 4.79 Å². The Balaban J connectivity index is 1.63. The molecule has 1 fully saturated rings. The molecule has 1 aliphatic heterocycles. The molecular weight excluding hydrogens is 318 g/mol. The average Bonchev–Trinajstić information content (AvgIpc) is 3.03. The Bertz CT molecular complexity index is 744. The fourth-order valence-electron chi connectivity index (χ4n) is 2.99. The molecule has 1 saturated heterocycles. The van der Waals surface area contributed by atoms with Crippen molar-refractivity contribution < 1.29 is 19.4 Å². The molecule has 0 aromatic heterocycles. The topological polar surface area (TPSA) is 59.0 Å². The Kier molecular flexibility index (Phi) is 4.95. The number of carbonyl (C=O) groups is 1. The van der Waals surface area contributed by atoms with Gasteiger partial charge in [0.2, 0.25) is 0 Å². The summed E-state index contributed by atoms with van der Waals surface area (Å²) < 4.78 is 11.0. The molecule has 1 heterocycles. The highest BCUT2D eigenvalue weighted by molar-refractivity contribution is 5.97. The molecular formula is C20H23NO4. The Morgan fingerprint density at radius 2 is 1.92 bits per heavy atom. The molecule has 0 unspecified atom stereocenters. The van der Waals surface area contributed by atoms with Gasteiger partial charge in [-0.25, -0.2) is 0 Å². The van der Waals surface area contributed by atoms with Gasteiger partial charge in [-0.2, -0.15) is 0 Å². The van der Waals surface area contributed by atoms with Gasteiger partial charge in [0, 0.05) is 6.54 Å². The third kappa shape index (κ3) is 3.94. The van der Waals surface area contributed by atoms with E-state index in [1.165, 1.54) is 0 Å². The van der Waals surface area contributed by atoms with Gasteiger partial charge in [0.25, 0.3) is 5.91 Å². The molecule has 5 nitrogen and oxygen atoms in total. The van der Waals surface area contributed by atoms with Gasteiger partial charge in [-0.1, -0.05) is 29.8 Å². The van der Waals surface area contributed by atoms with Crippen LogP contribution < -0.4 is 9.47 Å². The largest absolute Gasteiger partial charge is 0.496 e. The molecule has 1 amide bonds. The first-order valence-corrected chi connectivity index (χ1v) is 8.35. The number of benzene rings is 2. The van der Waals surface area contributed by atoms with Crippen LogP contribution in [0.2, 0.25) is 0 Å². The molecule has 5 heteroatoms. The number of aliphatic hydroxyl groups is 1. The summed E-state index contributed by atoms with van der Waals surface area (Å²) in [4.78, 5) is 14.4. The number of hydrogen-bond acceptors (Lipinski definition) is 4. The predicted molar refractivity (Wildman–Crippen MR) is 95.1 cm³/mol. The van der Waals surface area contributed by atoms with E-state index < -0.39 is 5.60 Å². The first-order valence-electron chi connectivity index (χ1n) is 8.35. The highest BCUT2D eigenvalue weighted by Gasteiger charge is 2.39. The average molecular weight is 341 g/mol. The first kappa shape index (κ1) is 17.3. The number of β-amino-alcohol motifs (C(OH)–C–C–N with tert-alkyl or cyclic N) is 1. The van der Waals surface area contributed by atoms with E-state index in [-0.39, 0.29) is 19.1 Å². The molecule has 0 bridgehead atoms. The van der Waals surface area contributed by atoms with Gasteiger partial charge in [0.15, 0.2) is 0 Å². The Labute approximate surface area is 147 Å². The van der Waals surface area contributed by atoms with Gasteiger partial charge >= 0.3 is 0 Å². The van der Waals surface area contributed by atoms with Crippen molar-refractivity contribution in [2.75, 3.05) is 26.8 Å². The summed E-state index contributed by atoms with van der Waals surface area (Å²) in [5.41, 5.74) is 0.622. The molecule has 0 aliphatic carbocycles. The van der Waals surface area contributed by atoms with Crippen LogP contribution in [0.5, 0.6) is 11.5 Å². The lowest BCUT2D eigenvalue weighted by atomic mass is 10.1. The van der Waals surface area contributed by atoms with Crippen LogP contribution in [0, 0.1) is 6.92 Å². The second kappa shape index (κ2) is 7.15. The van der Waals surface area contributed by atoms with E-state index in [0.717, 1.165) is 5.56 Å². The van der Waals surface area contributed by atoms with Gasteiger partial charge in [-0.15, -0.1) is 0 Å². The summed E-state index contributed by atoms with van der Waals surface area (Å²) in [6.07, 6.45) is 0.486. The summed E-state index contributed by atoms with van der Waals surface area (Å²) in [7, 11) is 1.54. The lowest BCUT2D eigenvalue weighted by Crippen LogP contribution is -2.40. The summed E-state index contributed by atoms with van der Waals surface area (Å²) in [5, 5.41) is 10.7. The minimum absolute atomic E-state index is 0.135. The maximum atomic E-state index is 12.7. The van der Waals surface area contributed by atoms with Crippen molar-refractivity contribution >= 4 is 5.91 Å². The molecule has 3 rings (SSSR count). The highest BCUT2D eigenvalue weighted by atomic mass is 16.5. The summed E-state index contributed by atoms with van der Waals surface area (Å²) >= 11 is 0. The molecule has 2 aromatic rings. The minimum atomic E-state index is -1.04. The first-order chi connectivity index (χ1) is 12.0. The third-order valence-electron chi connectivity index (χ3n) is 4.49. The van der Waals surface area contributed by atoms with Crippen molar-refractivity contribution in [3.8, 4) is 11.5 Å². The van der Waals surface area contributed by atoms with E-state index in [9.17, 15) is 9.90 Å². The number of carbonyl (C=O) groups excluding carboxylic acids is 1. The van der Waals surface area contributed by atoms with Crippen molar-refractivity contribution in [1.29, 1.82) is 0 Å². The van der Waals surface area contributed by atoms with Gasteiger partial charge in [-0.05, 0) is 37.6 Å². The summed E-state index contributed by atoms with van der Waals surface area (Å²) in [5.74, 6) is 1.12. The quantitative estimate of drug-likeness (QED) is 0.908. The van der Waals surface area contributed by atoms with Crippen molar-refractivity contribution in [2.24, 2.45) is 0 Å². The molecule has 1 atom stereocenters. The molecule has 2 aromatic carbocycles. The normalized spacial score (nSPS) is 19.7. The molecule has 1 aliphatic rings. The lowest BCUT2D eigenvalue weighted by molar-refractivity contribution is 0.00427. The van der Waals surface area contributed by atoms with Crippen LogP contribution in [0.25, 0.3) is 0 Å². The van der Waals surface area contributed by atoms with E-state index in [2.05, 4.69) is 0 Å². The molecule has 132 valence electrons. The van der Waals surface area contributed by atoms with Crippen LogP contribution in [0.4, 0.5) is 0 Å². The molecule has 0 saturated carbocycles. The SMILES string of the molecule is COc1ccccc1C(=O)N1CC[C@@](O)(COc2ccc(C)cc2)C1. The summed E-state index contributed by atoms with van der Waals surface area (Å²) in [6, 6.07) is 14.8. The van der Waals surface area contributed by atoms with E-state index in [1.807, 2.05) is 37.3 Å². The maximum absolute atomic E-state index is 12.7. The Morgan fingerprint density at radius 3 is 2.64 bits per heavy atom. The van der Waals surface area contributed by atoms with Gasteiger partial charge in [0.05, 0.1) is 19.2 Å². The third-order valence-corrected chi connectivity index (χ3v) is 4.49. The number of hydrogen-bond donors (Lipinski definition) is 1. The molecule has 25 heavy (non-hydrogen) atoms. The van der Waals surface area contributed by atoms with Crippen molar-refractivity contribution in [3.05, 3.63) is 59.7 Å². The Morgan fingerprint density at radius 1 is 1.20 bits per heavy atom. The van der Waals surface area contributed by atoms with Crippen LogP contribution >= 0.6 is 0 Å². The predicted octanol–water partition coefficient (Wildman–Crippen LogP) is 2.66. The standard InChI is InChI=1S/C20H23NO4/c1-15-7-9-16(10-8-15)25-14-20(23)11-12-21(13-20)19(22)17-5-3-4-6-18(17)24-2/h3-10,23H,11-14H2,1-2H3/t20-/m0/s1. The second-order valence-electron chi connectivity index (χ2n) is 6.50. The van der Waals surface area contributed by atoms with Crippen LogP contribution in [0.15, 0.2) is 48.5 Å². The number of ether oxygens (including phenoxy) is 2. The number of likely N-dealkylation sites (tertiary alicyclic amines) is 1. The van der Waals surface area contributed by atoms with E-state index in [1.54, 1.807) is 30.2 Å². The smallest absolute Gasteiger partial charge is 0.257 e. The van der Waals surface area contributed by atoms with Crippen LogP contribution in [0.3, 0.4) is 0 Å². The number of rotatable bonds is 5. The number of methoxy groups -OCH3 is 1. The fraction of sp³-hybridized carbons (Fsp3) is 0.350. The highest BCUT2D eigenvalue weighted by Crippen LogP contribution is 2.27. The number of amides is 1. The van der Waals surface area contributed by atoms with Crippen LogP contribution in [0.1, 0.15) is 22.3 Å². The summed E-state index contributed by atoms with van der Waals surface area (Å²) in [6.45, 7) is 2.90. The van der Waals surface area contributed by atoms with E-state index in [0.29, 0.717) is 30.0 Å². The molecule has 0 radical (unpaired) electrons. The van der Waals surface area contributed by atoms with Crippen molar-refractivity contribution in [2.45, 2.75) is 18.9 Å². The maximum Gasteiger partial charge on any atom is 0.257 e. The fourth-order valence-corrected chi connectivity index (χ4v) is 2.99. The minimum Gasteiger partial charge on any atom is -0.496 e. The van der Waals surface area contributed by atoms with Gasteiger partial charge in [0.1, 0.15) is 23.7 Å². The number of nitrogens with zero attached hydrogens (tertiary/aromatic N) is 1. The van der Waals surface area contributed by atoms with Crippen LogP contribution in [-0.4, -0.2) is 48.3 Å². The number of aryl methyl sites for hydroxylation is 1. The number of para-hydroxylation sites is 1. The van der Waals surface area contributed by atoms with Crippen molar-refractivity contribution in [1.82, 2.24) is 4.90 Å². The molecule has 0 spiro atoms. The van der Waals surface area contributed by atoms with E-state index in [4.69, 9.17) is 9.47 Å². The monoisotopic (exact) mass is 341 g/mol. The van der Waals surface area contributed by atoms with E-state index >= 15 is 0 Å². The Hall–Kier alpha value is -2.53. The zero-order valence-corrected chi connectivity index (χ0v) is 14.6. The second-order valence-corrected chi connectivity index (χ2v) is 6.50. The lowest BCUT2D eigenvalue weighted by Gasteiger charge is -2.24.